The maximum Gasteiger partial charge on any atom is -0.00201 e. The lowest BCUT2D eigenvalue weighted by Crippen LogP contribution is -2.10. The average Bonchev–Trinajstić information content (AvgIpc) is 2.99. The third-order valence-electron chi connectivity index (χ3n) is 8.23. The second-order valence-corrected chi connectivity index (χ2v) is 11.8. The van der Waals surface area contributed by atoms with Crippen LogP contribution in [0.1, 0.15) is 26.3 Å². The maximum atomic E-state index is 2.34. The van der Waals surface area contributed by atoms with Crippen LogP contribution in [0.2, 0.25) is 0 Å². The topological polar surface area (TPSA) is 0 Å². The molecule has 0 aliphatic carbocycles. The third-order valence-corrected chi connectivity index (χ3v) is 8.23. The molecule has 0 spiro atoms. The molecule has 0 aliphatic rings. The number of benzene rings is 7. The molecule has 7 aromatic rings. The van der Waals surface area contributed by atoms with Crippen LogP contribution < -0.4 is 0 Å². The van der Waals surface area contributed by atoms with Gasteiger partial charge in [0.25, 0.3) is 0 Å². The summed E-state index contributed by atoms with van der Waals surface area (Å²) in [5, 5.41) is 7.68. The Morgan fingerprint density at radius 3 is 1.52 bits per heavy atom. The van der Waals surface area contributed by atoms with Gasteiger partial charge in [-0.05, 0) is 82.7 Å². The van der Waals surface area contributed by atoms with Crippen molar-refractivity contribution in [2.24, 2.45) is 0 Å². The fourth-order valence-electron chi connectivity index (χ4n) is 6.18. The molecule has 192 valence electrons. The Bertz CT molecular complexity index is 1950. The second kappa shape index (κ2) is 9.50. The van der Waals surface area contributed by atoms with Gasteiger partial charge in [-0.25, -0.2) is 0 Å². The van der Waals surface area contributed by atoms with Crippen molar-refractivity contribution in [3.05, 3.63) is 145 Å². The molecule has 7 aromatic carbocycles. The van der Waals surface area contributed by atoms with E-state index in [0.717, 1.165) is 0 Å². The Morgan fingerprint density at radius 1 is 0.375 bits per heavy atom. The summed E-state index contributed by atoms with van der Waals surface area (Å²) in [5.74, 6) is 0. The molecule has 0 amide bonds. The Morgan fingerprint density at radius 2 is 0.925 bits per heavy atom. The molecule has 0 aromatic heterocycles. The number of fused-ring (bicyclic) bond motifs is 3. The average molecular weight is 513 g/mol. The van der Waals surface area contributed by atoms with Crippen LogP contribution in [-0.4, -0.2) is 0 Å². The van der Waals surface area contributed by atoms with E-state index in [4.69, 9.17) is 0 Å². The fraction of sp³-hybridized carbons (Fsp3) is 0.100. The van der Waals surface area contributed by atoms with Crippen molar-refractivity contribution in [1.82, 2.24) is 0 Å². The monoisotopic (exact) mass is 512 g/mol. The van der Waals surface area contributed by atoms with Crippen molar-refractivity contribution < 1.29 is 0 Å². The first-order valence-electron chi connectivity index (χ1n) is 14.1. The molecule has 0 N–H and O–H groups in total. The first kappa shape index (κ1) is 24.4. The summed E-state index contributed by atoms with van der Waals surface area (Å²) in [4.78, 5) is 0. The third kappa shape index (κ3) is 4.08. The van der Waals surface area contributed by atoms with Crippen molar-refractivity contribution in [3.63, 3.8) is 0 Å². The standard InChI is InChI=1S/C40H32/c1-40(2,3)31-23-20-27(21-24-31)29-22-25-32-30(26-29)14-11-19-33(32)39-36-17-9-7-15-34(36)38(28-12-5-4-6-13-28)35-16-8-10-18-37(35)39/h4-26H,1-3H3. The number of rotatable bonds is 3. The molecule has 0 atom stereocenters. The SMILES string of the molecule is CC(C)(C)c1ccc(-c2ccc3c(-c4c5ccccc5c(-c5ccccc5)c5ccccc45)cccc3c2)cc1. The Labute approximate surface area is 236 Å². The summed E-state index contributed by atoms with van der Waals surface area (Å²) < 4.78 is 0. The van der Waals surface area contributed by atoms with Gasteiger partial charge in [0, 0.05) is 0 Å². The van der Waals surface area contributed by atoms with Crippen LogP contribution in [0.15, 0.2) is 140 Å². The minimum atomic E-state index is 0.151. The molecule has 0 nitrogen and oxygen atoms in total. The molecule has 0 aliphatic heterocycles. The van der Waals surface area contributed by atoms with E-state index in [1.54, 1.807) is 0 Å². The lowest BCUT2D eigenvalue weighted by Gasteiger charge is -2.19. The van der Waals surface area contributed by atoms with E-state index in [9.17, 15) is 0 Å². The van der Waals surface area contributed by atoms with Crippen LogP contribution in [0.3, 0.4) is 0 Å². The Kier molecular flexibility index (Phi) is 5.79. The van der Waals surface area contributed by atoms with E-state index in [0.29, 0.717) is 0 Å². The van der Waals surface area contributed by atoms with Crippen LogP contribution >= 0.6 is 0 Å². The molecule has 0 saturated heterocycles. The van der Waals surface area contributed by atoms with Crippen molar-refractivity contribution in [2.75, 3.05) is 0 Å². The van der Waals surface area contributed by atoms with Gasteiger partial charge in [0.1, 0.15) is 0 Å². The van der Waals surface area contributed by atoms with Crippen LogP contribution in [0.5, 0.6) is 0 Å². The molecule has 0 heteroatoms. The van der Waals surface area contributed by atoms with Crippen molar-refractivity contribution in [3.8, 4) is 33.4 Å². The summed E-state index contributed by atoms with van der Waals surface area (Å²) in [6.45, 7) is 6.79. The molecule has 0 bridgehead atoms. The van der Waals surface area contributed by atoms with Gasteiger partial charge in [-0.1, -0.05) is 154 Å². The van der Waals surface area contributed by atoms with Gasteiger partial charge in [0.05, 0.1) is 0 Å². The van der Waals surface area contributed by atoms with Gasteiger partial charge in [0.15, 0.2) is 0 Å². The quantitative estimate of drug-likeness (QED) is 0.207. The molecule has 0 heterocycles. The van der Waals surface area contributed by atoms with Crippen LogP contribution in [0.25, 0.3) is 65.7 Å². The molecule has 0 radical (unpaired) electrons. The van der Waals surface area contributed by atoms with E-state index in [1.807, 2.05) is 0 Å². The molecule has 7 rings (SSSR count). The van der Waals surface area contributed by atoms with Crippen LogP contribution in [0.4, 0.5) is 0 Å². The molecule has 40 heavy (non-hydrogen) atoms. The van der Waals surface area contributed by atoms with Gasteiger partial charge in [-0.2, -0.15) is 0 Å². The van der Waals surface area contributed by atoms with Gasteiger partial charge in [-0.3, -0.25) is 0 Å². The summed E-state index contributed by atoms with van der Waals surface area (Å²) >= 11 is 0. The largest absolute Gasteiger partial charge is 0.0622 e. The Hall–Kier alpha value is -4.68. The zero-order chi connectivity index (χ0) is 27.3. The van der Waals surface area contributed by atoms with E-state index >= 15 is 0 Å². The lowest BCUT2D eigenvalue weighted by molar-refractivity contribution is 0.590. The molecule has 0 saturated carbocycles. The minimum Gasteiger partial charge on any atom is -0.0622 e. The highest BCUT2D eigenvalue weighted by Gasteiger charge is 2.18. The van der Waals surface area contributed by atoms with Crippen LogP contribution in [0, 0.1) is 0 Å². The zero-order valence-electron chi connectivity index (χ0n) is 23.3. The summed E-state index contributed by atoms with van der Waals surface area (Å²) in [5.41, 5.74) is 9.15. The summed E-state index contributed by atoms with van der Waals surface area (Å²) in [6.07, 6.45) is 0. The molecular formula is C40H32. The molecule has 0 fully saturated rings. The number of hydrogen-bond donors (Lipinski definition) is 0. The van der Waals surface area contributed by atoms with Crippen molar-refractivity contribution >= 4 is 32.3 Å². The highest BCUT2D eigenvalue weighted by atomic mass is 14.2. The highest BCUT2D eigenvalue weighted by Crippen LogP contribution is 2.45. The van der Waals surface area contributed by atoms with E-state index < -0.39 is 0 Å². The first-order valence-corrected chi connectivity index (χ1v) is 14.1. The minimum absolute atomic E-state index is 0.151. The Balaban J connectivity index is 1.47. The van der Waals surface area contributed by atoms with Gasteiger partial charge in [0.2, 0.25) is 0 Å². The van der Waals surface area contributed by atoms with Gasteiger partial charge in [-0.15, -0.1) is 0 Å². The number of hydrogen-bond acceptors (Lipinski definition) is 0. The van der Waals surface area contributed by atoms with E-state index in [1.165, 1.54) is 71.3 Å². The van der Waals surface area contributed by atoms with Crippen molar-refractivity contribution in [2.45, 2.75) is 26.2 Å². The normalized spacial score (nSPS) is 11.9. The predicted octanol–water partition coefficient (Wildman–Crippen LogP) is 11.4. The van der Waals surface area contributed by atoms with E-state index in [-0.39, 0.29) is 5.41 Å². The predicted molar refractivity (Wildman–Crippen MR) is 174 cm³/mol. The summed E-state index contributed by atoms with van der Waals surface area (Å²) in [7, 11) is 0. The highest BCUT2D eigenvalue weighted by molar-refractivity contribution is 6.23. The first-order chi connectivity index (χ1) is 19.5. The van der Waals surface area contributed by atoms with Gasteiger partial charge < -0.3 is 0 Å². The van der Waals surface area contributed by atoms with Crippen LogP contribution in [-0.2, 0) is 5.41 Å². The summed E-state index contributed by atoms with van der Waals surface area (Å²) in [6, 6.07) is 51.3. The van der Waals surface area contributed by atoms with E-state index in [2.05, 4.69) is 160 Å². The molecule has 0 unspecified atom stereocenters. The van der Waals surface area contributed by atoms with Crippen molar-refractivity contribution in [1.29, 1.82) is 0 Å². The van der Waals surface area contributed by atoms with Gasteiger partial charge >= 0.3 is 0 Å². The molecular weight excluding hydrogens is 480 g/mol. The lowest BCUT2D eigenvalue weighted by atomic mass is 9.84. The zero-order valence-corrected chi connectivity index (χ0v) is 23.3. The second-order valence-electron chi connectivity index (χ2n) is 11.8. The maximum absolute atomic E-state index is 2.34. The fourth-order valence-corrected chi connectivity index (χ4v) is 6.18. The smallest absolute Gasteiger partial charge is 0.00201 e.